The molecular weight excluding hydrogens is 556 g/mol. The van der Waals surface area contributed by atoms with E-state index in [0.29, 0.717) is 17.7 Å². The number of aliphatic hydroxyl groups is 1. The predicted octanol–water partition coefficient (Wildman–Crippen LogP) is 6.23. The summed E-state index contributed by atoms with van der Waals surface area (Å²) in [5, 5.41) is 19.2. The zero-order valence-electron chi connectivity index (χ0n) is 21.5. The largest absolute Gasteiger partial charge is 0.489 e. The van der Waals surface area contributed by atoms with Crippen LogP contribution in [0.4, 0.5) is 32.0 Å². The van der Waals surface area contributed by atoms with E-state index in [9.17, 15) is 46.1 Å². The van der Waals surface area contributed by atoms with E-state index in [4.69, 9.17) is 4.74 Å². The molecule has 1 heterocycles. The molecule has 0 spiro atoms. The summed E-state index contributed by atoms with van der Waals surface area (Å²) in [6, 6.07) is 16.3. The fourth-order valence-corrected chi connectivity index (χ4v) is 4.79. The van der Waals surface area contributed by atoms with Gasteiger partial charge in [-0.3, -0.25) is 4.79 Å². The van der Waals surface area contributed by atoms with Gasteiger partial charge in [-0.1, -0.05) is 48.5 Å². The van der Waals surface area contributed by atoms with Gasteiger partial charge in [-0.25, -0.2) is 4.79 Å². The molecule has 0 saturated heterocycles. The van der Waals surface area contributed by atoms with E-state index in [1.165, 1.54) is 29.2 Å². The third-order valence-corrected chi connectivity index (χ3v) is 7.05. The predicted molar refractivity (Wildman–Crippen MR) is 136 cm³/mol. The summed E-state index contributed by atoms with van der Waals surface area (Å²) in [5.41, 5.74) is -5.91. The van der Waals surface area contributed by atoms with Crippen molar-refractivity contribution in [2.75, 3.05) is 11.4 Å². The minimum Gasteiger partial charge on any atom is -0.489 e. The molecule has 0 aromatic heterocycles. The van der Waals surface area contributed by atoms with Gasteiger partial charge < -0.3 is 19.8 Å². The highest BCUT2D eigenvalue weighted by Gasteiger charge is 2.71. The first-order valence-electron chi connectivity index (χ1n) is 12.5. The highest BCUT2D eigenvalue weighted by atomic mass is 19.4. The fraction of sp³-hybridized carbons (Fsp3) is 0.310. The summed E-state index contributed by atoms with van der Waals surface area (Å²) in [7, 11) is 0. The Morgan fingerprint density at radius 1 is 0.927 bits per heavy atom. The summed E-state index contributed by atoms with van der Waals surface area (Å²) < 4.78 is 87.5. The number of fused-ring (bicyclic) bond motifs is 1. The molecule has 218 valence electrons. The Morgan fingerprint density at radius 3 is 2.20 bits per heavy atom. The number of amides is 1. The lowest BCUT2D eigenvalue weighted by atomic mass is 9.89. The lowest BCUT2D eigenvalue weighted by molar-refractivity contribution is -0.376. The van der Waals surface area contributed by atoms with Gasteiger partial charge >= 0.3 is 18.3 Å². The van der Waals surface area contributed by atoms with Crippen molar-refractivity contribution in [3.05, 3.63) is 95.1 Å². The number of carbonyl (C=O) groups is 2. The van der Waals surface area contributed by atoms with Crippen LogP contribution in [0.3, 0.4) is 0 Å². The van der Waals surface area contributed by atoms with Gasteiger partial charge in [-0.15, -0.1) is 0 Å². The highest BCUT2D eigenvalue weighted by Crippen LogP contribution is 2.51. The van der Waals surface area contributed by atoms with Gasteiger partial charge in [0.25, 0.3) is 5.60 Å². The van der Waals surface area contributed by atoms with Crippen molar-refractivity contribution in [2.24, 2.45) is 0 Å². The maximum Gasteiger partial charge on any atom is 0.430 e. The minimum absolute atomic E-state index is 0.0200. The molecule has 2 N–H and O–H groups in total. The van der Waals surface area contributed by atoms with Gasteiger partial charge in [0.05, 0.1) is 18.0 Å². The van der Waals surface area contributed by atoms with Crippen molar-refractivity contribution in [3.8, 4) is 5.75 Å². The fourth-order valence-electron chi connectivity index (χ4n) is 4.79. The van der Waals surface area contributed by atoms with Gasteiger partial charge in [0.15, 0.2) is 0 Å². The van der Waals surface area contributed by atoms with Crippen LogP contribution in [-0.2, 0) is 16.8 Å². The number of hydrogen-bond acceptors (Lipinski definition) is 4. The average Bonchev–Trinajstić information content (AvgIpc) is 3.10. The van der Waals surface area contributed by atoms with E-state index in [0.717, 1.165) is 6.07 Å². The number of aryl methyl sites for hydroxylation is 1. The topological polar surface area (TPSA) is 87.1 Å². The van der Waals surface area contributed by atoms with Gasteiger partial charge in [-0.2, -0.15) is 26.3 Å². The number of hydrogen-bond donors (Lipinski definition) is 2. The third kappa shape index (κ3) is 5.88. The Kier molecular flexibility index (Phi) is 8.08. The van der Waals surface area contributed by atoms with Crippen LogP contribution >= 0.6 is 0 Å². The van der Waals surface area contributed by atoms with Crippen LogP contribution in [0, 0.1) is 0 Å². The van der Waals surface area contributed by atoms with Gasteiger partial charge in [0.1, 0.15) is 11.9 Å². The van der Waals surface area contributed by atoms with Crippen molar-refractivity contribution >= 4 is 17.6 Å². The Bertz CT molecular complexity index is 1410. The summed E-state index contributed by atoms with van der Waals surface area (Å²) in [5.74, 6) is -2.26. The lowest BCUT2D eigenvalue weighted by Gasteiger charge is -2.34. The maximum atomic E-state index is 13.7. The number of alkyl halides is 6. The molecule has 0 fully saturated rings. The molecule has 2 atom stereocenters. The molecule has 1 aliphatic heterocycles. The second kappa shape index (κ2) is 11.1. The van der Waals surface area contributed by atoms with Gasteiger partial charge in [0, 0.05) is 11.3 Å². The molecule has 0 bridgehead atoms. The van der Waals surface area contributed by atoms with Crippen LogP contribution in [0.15, 0.2) is 72.8 Å². The van der Waals surface area contributed by atoms with E-state index in [-0.39, 0.29) is 42.0 Å². The zero-order chi connectivity index (χ0) is 30.2. The first kappa shape index (κ1) is 29.9. The van der Waals surface area contributed by atoms with Crippen LogP contribution in [0.1, 0.15) is 46.3 Å². The molecule has 3 aromatic rings. The zero-order valence-corrected chi connectivity index (χ0v) is 21.5. The molecule has 12 heteroatoms. The average molecular weight is 582 g/mol. The van der Waals surface area contributed by atoms with E-state index in [1.54, 1.807) is 37.3 Å². The van der Waals surface area contributed by atoms with E-state index < -0.39 is 47.4 Å². The van der Waals surface area contributed by atoms with Crippen LogP contribution in [0.2, 0.25) is 0 Å². The quantitative estimate of drug-likeness (QED) is 0.337. The number of anilines is 1. The first-order valence-corrected chi connectivity index (χ1v) is 12.5. The molecular formula is C29H25F6NO5. The van der Waals surface area contributed by atoms with Crippen molar-refractivity contribution in [1.82, 2.24) is 0 Å². The second-order valence-electron chi connectivity index (χ2n) is 9.74. The van der Waals surface area contributed by atoms with Crippen LogP contribution < -0.4 is 9.64 Å². The molecule has 3 aromatic carbocycles. The summed E-state index contributed by atoms with van der Waals surface area (Å²) in [4.78, 5) is 26.4. The van der Waals surface area contributed by atoms with Crippen molar-refractivity contribution in [1.29, 1.82) is 0 Å². The molecule has 4 rings (SSSR count). The monoisotopic (exact) mass is 581 g/mol. The van der Waals surface area contributed by atoms with Gasteiger partial charge in [0.2, 0.25) is 5.91 Å². The molecule has 1 amide bonds. The normalized spacial score (nSPS) is 16.9. The Balaban J connectivity index is 1.77. The van der Waals surface area contributed by atoms with Crippen LogP contribution in [0.5, 0.6) is 5.75 Å². The number of rotatable bonds is 6. The molecule has 0 unspecified atom stereocenters. The number of nitrogens with zero attached hydrogens (tertiary/aromatic N) is 1. The standard InChI is InChI=1S/C29H25F6NO5/c1-17(18-6-3-2-4-7-18)25(37)36-16-23(41-22-9-5-8-20(15-22)26(38)39)12-10-19-14-21(11-13-24(19)36)27(40,28(30,31)32)29(33,34)35/h2-9,11,13-15,17,23,40H,10,12,16H2,1H3,(H,38,39)/t17-,23-/m0/s1. The van der Waals surface area contributed by atoms with E-state index >= 15 is 0 Å². The van der Waals surface area contributed by atoms with E-state index in [2.05, 4.69) is 0 Å². The molecule has 0 saturated carbocycles. The van der Waals surface area contributed by atoms with Crippen molar-refractivity contribution in [2.45, 2.75) is 49.7 Å². The molecule has 41 heavy (non-hydrogen) atoms. The number of carbonyl (C=O) groups excluding carboxylic acids is 1. The highest BCUT2D eigenvalue weighted by molar-refractivity contribution is 5.98. The maximum absolute atomic E-state index is 13.7. The molecule has 0 radical (unpaired) electrons. The number of carboxylic acids is 1. The lowest BCUT2D eigenvalue weighted by Crippen LogP contribution is -2.54. The number of carboxylic acid groups (broad SMARTS) is 1. The number of halogens is 6. The molecule has 1 aliphatic rings. The van der Waals surface area contributed by atoms with Crippen LogP contribution in [-0.4, -0.2) is 47.1 Å². The summed E-state index contributed by atoms with van der Waals surface area (Å²) in [6.07, 6.45) is -13.0. The molecule has 0 aliphatic carbocycles. The van der Waals surface area contributed by atoms with Crippen molar-refractivity contribution in [3.63, 3.8) is 0 Å². The third-order valence-electron chi connectivity index (χ3n) is 7.05. The molecule has 6 nitrogen and oxygen atoms in total. The minimum atomic E-state index is -6.07. The Labute approximate surface area is 230 Å². The smallest absolute Gasteiger partial charge is 0.430 e. The van der Waals surface area contributed by atoms with Crippen LogP contribution in [0.25, 0.3) is 0 Å². The first-order chi connectivity index (χ1) is 19.1. The number of aromatic carboxylic acids is 1. The number of ether oxygens (including phenoxy) is 1. The Morgan fingerprint density at radius 2 is 1.59 bits per heavy atom. The van der Waals surface area contributed by atoms with Crippen molar-refractivity contribution < 1.29 is 50.9 Å². The van der Waals surface area contributed by atoms with Gasteiger partial charge in [-0.05, 0) is 55.2 Å². The van der Waals surface area contributed by atoms with E-state index in [1.807, 2.05) is 0 Å². The number of benzene rings is 3. The summed E-state index contributed by atoms with van der Waals surface area (Å²) in [6.45, 7) is 1.50. The Hall–Kier alpha value is -4.06. The SMILES string of the molecule is C[C@H](C(=O)N1C[C@@H](Oc2cccc(C(=O)O)c2)CCc2cc(C(O)(C(F)(F)F)C(F)(F)F)ccc21)c1ccccc1. The summed E-state index contributed by atoms with van der Waals surface area (Å²) >= 11 is 0. The second-order valence-corrected chi connectivity index (χ2v) is 9.74.